The Morgan fingerprint density at radius 1 is 1.25 bits per heavy atom. The van der Waals surface area contributed by atoms with Crippen LogP contribution in [0, 0.1) is 5.92 Å². The predicted octanol–water partition coefficient (Wildman–Crippen LogP) is 2.98. The fourth-order valence-corrected chi connectivity index (χ4v) is 1.73. The largest absolute Gasteiger partial charge is 0.330 e. The lowest BCUT2D eigenvalue weighted by atomic mass is 9.93. The fourth-order valence-electron chi connectivity index (χ4n) is 1.73. The highest BCUT2D eigenvalue weighted by molar-refractivity contribution is 5.98. The first-order chi connectivity index (χ1) is 7.60. The van der Waals surface area contributed by atoms with E-state index >= 15 is 0 Å². The van der Waals surface area contributed by atoms with Gasteiger partial charge in [-0.1, -0.05) is 45.0 Å². The number of hydrogen-bond donors (Lipinski definition) is 1. The quantitative estimate of drug-likeness (QED) is 0.774. The molecule has 0 radical (unpaired) electrons. The molecule has 2 heteroatoms. The number of rotatable bonds is 5. The minimum atomic E-state index is -0.0371. The van der Waals surface area contributed by atoms with E-state index in [1.807, 2.05) is 31.2 Å². The summed E-state index contributed by atoms with van der Waals surface area (Å²) in [7, 11) is 0. The zero-order chi connectivity index (χ0) is 12.1. The molecule has 1 rings (SSSR count). The maximum Gasteiger partial charge on any atom is 0.167 e. The van der Waals surface area contributed by atoms with E-state index < -0.39 is 0 Å². The smallest absolute Gasteiger partial charge is 0.167 e. The predicted molar refractivity (Wildman–Crippen MR) is 67.7 cm³/mol. The number of carbonyl (C=O) groups excluding carboxylic acids is 1. The maximum absolute atomic E-state index is 12.0. The van der Waals surface area contributed by atoms with Gasteiger partial charge in [-0.05, 0) is 17.9 Å². The molecule has 1 atom stereocenters. The van der Waals surface area contributed by atoms with Crippen LogP contribution in [0.1, 0.15) is 49.0 Å². The van der Waals surface area contributed by atoms with Crippen LogP contribution in [0.4, 0.5) is 0 Å². The molecule has 0 aliphatic heterocycles. The second-order valence-corrected chi connectivity index (χ2v) is 4.48. The third-order valence-corrected chi connectivity index (χ3v) is 3.01. The summed E-state index contributed by atoms with van der Waals surface area (Å²) in [6.45, 7) is 6.72. The standard InChI is InChI=1S/C14H21NO/c1-4-11(9-15)14(16)13-7-5-12(6-8-13)10(2)3/h5-8,10-11H,4,9,15H2,1-3H3. The molecule has 0 heterocycles. The molecule has 1 unspecified atom stereocenters. The minimum absolute atomic E-state index is 0.0371. The lowest BCUT2D eigenvalue weighted by molar-refractivity contribution is 0.0921. The second-order valence-electron chi connectivity index (χ2n) is 4.48. The van der Waals surface area contributed by atoms with Crippen LogP contribution < -0.4 is 5.73 Å². The first kappa shape index (κ1) is 12.9. The lowest BCUT2D eigenvalue weighted by Gasteiger charge is -2.12. The van der Waals surface area contributed by atoms with E-state index in [-0.39, 0.29) is 11.7 Å². The SMILES string of the molecule is CCC(CN)C(=O)c1ccc(C(C)C)cc1. The van der Waals surface area contributed by atoms with Crippen molar-refractivity contribution in [1.29, 1.82) is 0 Å². The van der Waals surface area contributed by atoms with Crippen LogP contribution in [0.3, 0.4) is 0 Å². The topological polar surface area (TPSA) is 43.1 Å². The van der Waals surface area contributed by atoms with Crippen molar-refractivity contribution < 1.29 is 4.79 Å². The van der Waals surface area contributed by atoms with Crippen LogP contribution in [-0.2, 0) is 0 Å². The van der Waals surface area contributed by atoms with E-state index in [1.165, 1.54) is 5.56 Å². The highest BCUT2D eigenvalue weighted by atomic mass is 16.1. The zero-order valence-electron chi connectivity index (χ0n) is 10.4. The van der Waals surface area contributed by atoms with Gasteiger partial charge in [0.15, 0.2) is 5.78 Å². The number of Topliss-reactive ketones (excluding diaryl/α,β-unsaturated/α-hetero) is 1. The van der Waals surface area contributed by atoms with Crippen LogP contribution in [-0.4, -0.2) is 12.3 Å². The van der Waals surface area contributed by atoms with Gasteiger partial charge in [-0.25, -0.2) is 0 Å². The maximum atomic E-state index is 12.0. The Labute approximate surface area is 97.9 Å². The molecule has 0 saturated carbocycles. The van der Waals surface area contributed by atoms with Crippen molar-refractivity contribution in [3.63, 3.8) is 0 Å². The lowest BCUT2D eigenvalue weighted by Crippen LogP contribution is -2.23. The summed E-state index contributed by atoms with van der Waals surface area (Å²) >= 11 is 0. The Morgan fingerprint density at radius 3 is 2.19 bits per heavy atom. The van der Waals surface area contributed by atoms with E-state index in [0.29, 0.717) is 12.5 Å². The number of carbonyl (C=O) groups is 1. The van der Waals surface area contributed by atoms with E-state index in [2.05, 4.69) is 13.8 Å². The molecule has 0 aliphatic carbocycles. The molecule has 1 aromatic rings. The van der Waals surface area contributed by atoms with Crippen molar-refractivity contribution in [2.24, 2.45) is 11.7 Å². The van der Waals surface area contributed by atoms with Gasteiger partial charge in [0.05, 0.1) is 0 Å². The van der Waals surface area contributed by atoms with Crippen molar-refractivity contribution in [2.75, 3.05) is 6.54 Å². The summed E-state index contributed by atoms with van der Waals surface area (Å²) in [6.07, 6.45) is 0.807. The highest BCUT2D eigenvalue weighted by Crippen LogP contribution is 2.17. The normalized spacial score (nSPS) is 12.8. The molecule has 0 aromatic heterocycles. The Bertz CT molecular complexity index is 336. The van der Waals surface area contributed by atoms with Gasteiger partial charge in [0.2, 0.25) is 0 Å². The molecule has 0 bridgehead atoms. The van der Waals surface area contributed by atoms with Crippen molar-refractivity contribution in [3.05, 3.63) is 35.4 Å². The van der Waals surface area contributed by atoms with Crippen LogP contribution >= 0.6 is 0 Å². The second kappa shape index (κ2) is 5.80. The minimum Gasteiger partial charge on any atom is -0.330 e. The van der Waals surface area contributed by atoms with Gasteiger partial charge in [0.25, 0.3) is 0 Å². The third-order valence-electron chi connectivity index (χ3n) is 3.01. The molecule has 0 spiro atoms. The molecular formula is C14H21NO. The molecule has 1 aromatic carbocycles. The number of nitrogens with two attached hydrogens (primary N) is 1. The summed E-state index contributed by atoms with van der Waals surface area (Å²) in [6, 6.07) is 7.88. The molecule has 0 fully saturated rings. The highest BCUT2D eigenvalue weighted by Gasteiger charge is 2.16. The number of benzene rings is 1. The molecule has 88 valence electrons. The summed E-state index contributed by atoms with van der Waals surface area (Å²) < 4.78 is 0. The molecule has 2 N–H and O–H groups in total. The number of hydrogen-bond acceptors (Lipinski definition) is 2. The van der Waals surface area contributed by atoms with Gasteiger partial charge < -0.3 is 5.73 Å². The van der Waals surface area contributed by atoms with Gasteiger partial charge in [-0.15, -0.1) is 0 Å². The molecule has 0 aliphatic rings. The van der Waals surface area contributed by atoms with Crippen molar-refractivity contribution in [2.45, 2.75) is 33.1 Å². The zero-order valence-corrected chi connectivity index (χ0v) is 10.4. The molecule has 2 nitrogen and oxygen atoms in total. The van der Waals surface area contributed by atoms with Gasteiger partial charge >= 0.3 is 0 Å². The molecule has 0 saturated heterocycles. The summed E-state index contributed by atoms with van der Waals surface area (Å²) in [5, 5.41) is 0. The van der Waals surface area contributed by atoms with Gasteiger partial charge in [-0.3, -0.25) is 4.79 Å². The first-order valence-electron chi connectivity index (χ1n) is 5.94. The van der Waals surface area contributed by atoms with E-state index in [0.717, 1.165) is 12.0 Å². The van der Waals surface area contributed by atoms with E-state index in [9.17, 15) is 4.79 Å². The summed E-state index contributed by atoms with van der Waals surface area (Å²) in [4.78, 5) is 12.0. The van der Waals surface area contributed by atoms with Crippen molar-refractivity contribution in [1.82, 2.24) is 0 Å². The molecule has 0 amide bonds. The van der Waals surface area contributed by atoms with Crippen LogP contribution in [0.5, 0.6) is 0 Å². The fraction of sp³-hybridized carbons (Fsp3) is 0.500. The summed E-state index contributed by atoms with van der Waals surface area (Å²) in [5.41, 5.74) is 7.62. The Kier molecular flexibility index (Phi) is 4.69. The van der Waals surface area contributed by atoms with Crippen LogP contribution in [0.2, 0.25) is 0 Å². The van der Waals surface area contributed by atoms with Crippen LogP contribution in [0.15, 0.2) is 24.3 Å². The first-order valence-corrected chi connectivity index (χ1v) is 5.94. The van der Waals surface area contributed by atoms with Gasteiger partial charge in [0.1, 0.15) is 0 Å². The Morgan fingerprint density at radius 2 is 1.81 bits per heavy atom. The number of ketones is 1. The van der Waals surface area contributed by atoms with E-state index in [1.54, 1.807) is 0 Å². The van der Waals surface area contributed by atoms with Gasteiger partial charge in [0, 0.05) is 18.0 Å². The molecular weight excluding hydrogens is 198 g/mol. The monoisotopic (exact) mass is 219 g/mol. The Hall–Kier alpha value is -1.15. The Balaban J connectivity index is 2.85. The van der Waals surface area contributed by atoms with Crippen molar-refractivity contribution in [3.8, 4) is 0 Å². The van der Waals surface area contributed by atoms with Gasteiger partial charge in [-0.2, -0.15) is 0 Å². The van der Waals surface area contributed by atoms with Crippen molar-refractivity contribution >= 4 is 5.78 Å². The molecule has 16 heavy (non-hydrogen) atoms. The van der Waals surface area contributed by atoms with Crippen LogP contribution in [0.25, 0.3) is 0 Å². The average molecular weight is 219 g/mol. The van der Waals surface area contributed by atoms with E-state index in [4.69, 9.17) is 5.73 Å². The average Bonchev–Trinajstić information content (AvgIpc) is 2.30. The summed E-state index contributed by atoms with van der Waals surface area (Å²) in [5.74, 6) is 0.630. The third kappa shape index (κ3) is 2.92.